The Hall–Kier alpha value is -0.570. The molecule has 2 saturated carbocycles. The summed E-state index contributed by atoms with van der Waals surface area (Å²) in [6.07, 6.45) is 12.7. The van der Waals surface area contributed by atoms with Crippen molar-refractivity contribution < 1.29 is 4.79 Å². The summed E-state index contributed by atoms with van der Waals surface area (Å²) < 4.78 is 0. The Balaban J connectivity index is 1.61. The molecule has 0 saturated heterocycles. The zero-order valence-corrected chi connectivity index (χ0v) is 12.4. The van der Waals surface area contributed by atoms with Gasteiger partial charge in [0.1, 0.15) is 0 Å². The van der Waals surface area contributed by atoms with Gasteiger partial charge in [0.05, 0.1) is 6.54 Å². The maximum atomic E-state index is 12.0. The van der Waals surface area contributed by atoms with Crippen molar-refractivity contribution in [3.63, 3.8) is 0 Å². The second kappa shape index (κ2) is 7.88. The molecular formula is C16H30N2O. The first-order valence-electron chi connectivity index (χ1n) is 8.27. The first-order valence-corrected chi connectivity index (χ1v) is 8.27. The third kappa shape index (κ3) is 5.52. The largest absolute Gasteiger partial charge is 0.352 e. The monoisotopic (exact) mass is 266 g/mol. The molecule has 0 aliphatic heterocycles. The van der Waals surface area contributed by atoms with Gasteiger partial charge in [0.25, 0.3) is 0 Å². The minimum absolute atomic E-state index is 0.200. The van der Waals surface area contributed by atoms with Crippen LogP contribution in [-0.2, 0) is 4.79 Å². The summed E-state index contributed by atoms with van der Waals surface area (Å²) in [6, 6.07) is 0.999. The number of nitrogens with one attached hydrogen (secondary N) is 2. The van der Waals surface area contributed by atoms with Crippen LogP contribution in [0.15, 0.2) is 0 Å². The van der Waals surface area contributed by atoms with Crippen molar-refractivity contribution in [3.05, 3.63) is 0 Å². The van der Waals surface area contributed by atoms with Crippen LogP contribution in [0.25, 0.3) is 0 Å². The first-order chi connectivity index (χ1) is 9.24. The van der Waals surface area contributed by atoms with E-state index in [0.717, 1.165) is 5.92 Å². The number of rotatable bonds is 4. The van der Waals surface area contributed by atoms with Gasteiger partial charge in [-0.05, 0) is 44.4 Å². The molecular weight excluding hydrogens is 236 g/mol. The molecule has 19 heavy (non-hydrogen) atoms. The van der Waals surface area contributed by atoms with Crippen LogP contribution < -0.4 is 10.6 Å². The molecule has 2 aliphatic rings. The molecule has 3 heteroatoms. The molecule has 0 unspecified atom stereocenters. The molecule has 2 aliphatic carbocycles. The van der Waals surface area contributed by atoms with E-state index in [9.17, 15) is 4.79 Å². The Morgan fingerprint density at radius 2 is 1.53 bits per heavy atom. The van der Waals surface area contributed by atoms with E-state index in [0.29, 0.717) is 18.6 Å². The average molecular weight is 266 g/mol. The van der Waals surface area contributed by atoms with Crippen LogP contribution in [0.1, 0.15) is 71.1 Å². The Kier molecular flexibility index (Phi) is 6.15. The standard InChI is InChI=1S/C16H30N2O/c1-13-8-10-14(11-9-13)17-12-16(19)18-15-6-4-2-3-5-7-15/h13-15,17H,2-12H2,1H3,(H,18,19). The zero-order valence-electron chi connectivity index (χ0n) is 12.4. The van der Waals surface area contributed by atoms with E-state index in [1.54, 1.807) is 0 Å². The Labute approximate surface area is 117 Å². The van der Waals surface area contributed by atoms with E-state index in [-0.39, 0.29) is 5.91 Å². The second-order valence-corrected chi connectivity index (χ2v) is 6.59. The van der Waals surface area contributed by atoms with Crippen molar-refractivity contribution in [1.29, 1.82) is 0 Å². The molecule has 0 aromatic carbocycles. The van der Waals surface area contributed by atoms with Gasteiger partial charge in [0.2, 0.25) is 5.91 Å². The Bertz CT molecular complexity index is 264. The fraction of sp³-hybridized carbons (Fsp3) is 0.938. The van der Waals surface area contributed by atoms with Gasteiger partial charge >= 0.3 is 0 Å². The summed E-state index contributed by atoms with van der Waals surface area (Å²) in [5.74, 6) is 1.07. The predicted octanol–water partition coefficient (Wildman–Crippen LogP) is 2.99. The maximum Gasteiger partial charge on any atom is 0.234 e. The molecule has 0 spiro atoms. The zero-order chi connectivity index (χ0) is 13.5. The molecule has 110 valence electrons. The quantitative estimate of drug-likeness (QED) is 0.768. The number of hydrogen-bond donors (Lipinski definition) is 2. The normalized spacial score (nSPS) is 29.7. The molecule has 1 amide bonds. The number of carbonyl (C=O) groups is 1. The molecule has 0 aromatic heterocycles. The average Bonchev–Trinajstić information content (AvgIpc) is 2.67. The van der Waals surface area contributed by atoms with Crippen LogP contribution in [-0.4, -0.2) is 24.5 Å². The summed E-state index contributed by atoms with van der Waals surface area (Å²) >= 11 is 0. The Morgan fingerprint density at radius 1 is 0.895 bits per heavy atom. The smallest absolute Gasteiger partial charge is 0.234 e. The third-order valence-electron chi connectivity index (χ3n) is 4.79. The minimum Gasteiger partial charge on any atom is -0.352 e. The van der Waals surface area contributed by atoms with Gasteiger partial charge in [0.15, 0.2) is 0 Å². The third-order valence-corrected chi connectivity index (χ3v) is 4.79. The van der Waals surface area contributed by atoms with Gasteiger partial charge in [-0.15, -0.1) is 0 Å². The molecule has 0 atom stereocenters. The van der Waals surface area contributed by atoms with Gasteiger partial charge in [-0.25, -0.2) is 0 Å². The van der Waals surface area contributed by atoms with Gasteiger partial charge in [-0.2, -0.15) is 0 Å². The van der Waals surface area contributed by atoms with Gasteiger partial charge in [-0.3, -0.25) is 4.79 Å². The molecule has 2 rings (SSSR count). The van der Waals surface area contributed by atoms with Crippen LogP contribution in [0.5, 0.6) is 0 Å². The first kappa shape index (κ1) is 14.8. The molecule has 0 heterocycles. The summed E-state index contributed by atoms with van der Waals surface area (Å²) in [5, 5.41) is 6.64. The fourth-order valence-corrected chi connectivity index (χ4v) is 3.40. The molecule has 3 nitrogen and oxygen atoms in total. The van der Waals surface area contributed by atoms with E-state index >= 15 is 0 Å². The number of amides is 1. The lowest BCUT2D eigenvalue weighted by atomic mass is 9.87. The van der Waals surface area contributed by atoms with Crippen LogP contribution in [0.2, 0.25) is 0 Å². The van der Waals surface area contributed by atoms with E-state index < -0.39 is 0 Å². The van der Waals surface area contributed by atoms with Crippen LogP contribution in [0.3, 0.4) is 0 Å². The summed E-state index contributed by atoms with van der Waals surface area (Å²) in [4.78, 5) is 12.0. The van der Waals surface area contributed by atoms with E-state index in [1.165, 1.54) is 64.2 Å². The van der Waals surface area contributed by atoms with Crippen molar-refractivity contribution in [3.8, 4) is 0 Å². The lowest BCUT2D eigenvalue weighted by molar-refractivity contribution is -0.121. The highest BCUT2D eigenvalue weighted by Crippen LogP contribution is 2.23. The van der Waals surface area contributed by atoms with Gasteiger partial charge < -0.3 is 10.6 Å². The maximum absolute atomic E-state index is 12.0. The van der Waals surface area contributed by atoms with Crippen LogP contribution >= 0.6 is 0 Å². The summed E-state index contributed by atoms with van der Waals surface area (Å²) in [7, 11) is 0. The van der Waals surface area contributed by atoms with Gasteiger partial charge in [0, 0.05) is 12.1 Å². The van der Waals surface area contributed by atoms with Crippen LogP contribution in [0.4, 0.5) is 0 Å². The SMILES string of the molecule is CC1CCC(NCC(=O)NC2CCCCCC2)CC1. The van der Waals surface area contributed by atoms with E-state index in [1.807, 2.05) is 0 Å². The summed E-state index contributed by atoms with van der Waals surface area (Å²) in [6.45, 7) is 2.84. The van der Waals surface area contributed by atoms with Crippen molar-refractivity contribution in [2.45, 2.75) is 83.2 Å². The number of carbonyl (C=O) groups excluding carboxylic acids is 1. The summed E-state index contributed by atoms with van der Waals surface area (Å²) in [5.41, 5.74) is 0. The van der Waals surface area contributed by atoms with Crippen LogP contribution in [0, 0.1) is 5.92 Å². The lowest BCUT2D eigenvalue weighted by Crippen LogP contribution is -2.43. The highest BCUT2D eigenvalue weighted by Gasteiger charge is 2.19. The Morgan fingerprint density at radius 3 is 2.16 bits per heavy atom. The predicted molar refractivity (Wildman–Crippen MR) is 79.1 cm³/mol. The highest BCUT2D eigenvalue weighted by atomic mass is 16.1. The molecule has 0 bridgehead atoms. The fourth-order valence-electron chi connectivity index (χ4n) is 3.40. The topological polar surface area (TPSA) is 41.1 Å². The molecule has 0 radical (unpaired) electrons. The highest BCUT2D eigenvalue weighted by molar-refractivity contribution is 5.78. The molecule has 2 fully saturated rings. The van der Waals surface area contributed by atoms with Gasteiger partial charge in [-0.1, -0.05) is 32.6 Å². The van der Waals surface area contributed by atoms with Crippen molar-refractivity contribution in [2.24, 2.45) is 5.92 Å². The van der Waals surface area contributed by atoms with E-state index in [2.05, 4.69) is 17.6 Å². The second-order valence-electron chi connectivity index (χ2n) is 6.59. The minimum atomic E-state index is 0.200. The van der Waals surface area contributed by atoms with Crippen molar-refractivity contribution in [2.75, 3.05) is 6.54 Å². The van der Waals surface area contributed by atoms with Crippen molar-refractivity contribution >= 4 is 5.91 Å². The number of hydrogen-bond acceptors (Lipinski definition) is 2. The van der Waals surface area contributed by atoms with Crippen molar-refractivity contribution in [1.82, 2.24) is 10.6 Å². The van der Waals surface area contributed by atoms with E-state index in [4.69, 9.17) is 0 Å². The molecule has 2 N–H and O–H groups in total. The lowest BCUT2D eigenvalue weighted by Gasteiger charge is -2.27. The molecule has 0 aromatic rings.